The SMILES string of the molecule is CCN1CCN(S(=O)(=O)Cl)CC1C. The Labute approximate surface area is 84.0 Å². The predicted octanol–water partition coefficient (Wildman–Crippen LogP) is 0.496. The van der Waals surface area contributed by atoms with Crippen LogP contribution in [0.4, 0.5) is 0 Å². The van der Waals surface area contributed by atoms with Crippen molar-refractivity contribution < 1.29 is 8.42 Å². The van der Waals surface area contributed by atoms with Crippen molar-refractivity contribution in [3.63, 3.8) is 0 Å². The van der Waals surface area contributed by atoms with Crippen LogP contribution in [0.25, 0.3) is 0 Å². The maximum atomic E-state index is 11.0. The van der Waals surface area contributed by atoms with Gasteiger partial charge in [0.1, 0.15) is 0 Å². The molecule has 0 aliphatic carbocycles. The van der Waals surface area contributed by atoms with Gasteiger partial charge in [0.2, 0.25) is 0 Å². The molecule has 1 saturated heterocycles. The molecule has 1 unspecified atom stereocenters. The second-order valence-corrected chi connectivity index (χ2v) is 5.79. The van der Waals surface area contributed by atoms with Crippen LogP contribution < -0.4 is 0 Å². The third kappa shape index (κ3) is 2.80. The first kappa shape index (κ1) is 11.2. The Morgan fingerprint density at radius 2 is 2.08 bits per heavy atom. The Kier molecular flexibility index (Phi) is 3.57. The lowest BCUT2D eigenvalue weighted by Gasteiger charge is -2.37. The summed E-state index contributed by atoms with van der Waals surface area (Å²) < 4.78 is 23.3. The van der Waals surface area contributed by atoms with E-state index in [0.29, 0.717) is 13.1 Å². The highest BCUT2D eigenvalue weighted by molar-refractivity contribution is 8.11. The standard InChI is InChI=1S/C7H15ClN2O2S/c1-3-9-4-5-10(6-7(9)2)13(8,11)12/h7H,3-6H2,1-2H3. The van der Waals surface area contributed by atoms with E-state index in [1.165, 1.54) is 4.31 Å². The average molecular weight is 227 g/mol. The van der Waals surface area contributed by atoms with Crippen LogP contribution in [-0.2, 0) is 9.24 Å². The molecule has 6 heteroatoms. The second-order valence-electron chi connectivity index (χ2n) is 3.28. The summed E-state index contributed by atoms with van der Waals surface area (Å²) in [7, 11) is 1.74. The van der Waals surface area contributed by atoms with Crippen LogP contribution in [0.2, 0.25) is 0 Å². The molecule has 0 aromatic heterocycles. The molecule has 0 saturated carbocycles. The zero-order chi connectivity index (χ0) is 10.1. The molecule has 4 nitrogen and oxygen atoms in total. The highest BCUT2D eigenvalue weighted by Gasteiger charge is 2.28. The molecular formula is C7H15ClN2O2S. The van der Waals surface area contributed by atoms with Crippen LogP contribution in [0.1, 0.15) is 13.8 Å². The zero-order valence-corrected chi connectivity index (χ0v) is 9.48. The fraction of sp³-hybridized carbons (Fsp3) is 1.00. The molecule has 0 radical (unpaired) electrons. The number of hydrogen-bond donors (Lipinski definition) is 0. The van der Waals surface area contributed by atoms with Crippen molar-refractivity contribution in [3.8, 4) is 0 Å². The van der Waals surface area contributed by atoms with Gasteiger partial charge in [-0.2, -0.15) is 12.7 Å². The topological polar surface area (TPSA) is 40.6 Å². The Hall–Kier alpha value is 0.160. The summed E-state index contributed by atoms with van der Waals surface area (Å²) >= 11 is 0. The highest BCUT2D eigenvalue weighted by atomic mass is 35.7. The second kappa shape index (κ2) is 4.13. The van der Waals surface area contributed by atoms with Crippen molar-refractivity contribution in [2.75, 3.05) is 26.2 Å². The molecule has 0 N–H and O–H groups in total. The summed E-state index contributed by atoms with van der Waals surface area (Å²) in [5.41, 5.74) is 0. The summed E-state index contributed by atoms with van der Waals surface area (Å²) in [5, 5.41) is 0. The van der Waals surface area contributed by atoms with Crippen LogP contribution in [0, 0.1) is 0 Å². The molecule has 0 aromatic carbocycles. The summed E-state index contributed by atoms with van der Waals surface area (Å²) in [5.74, 6) is 0. The lowest BCUT2D eigenvalue weighted by Crippen LogP contribution is -2.52. The van der Waals surface area contributed by atoms with Gasteiger partial charge < -0.3 is 0 Å². The van der Waals surface area contributed by atoms with E-state index in [4.69, 9.17) is 10.7 Å². The van der Waals surface area contributed by atoms with E-state index in [1.54, 1.807) is 0 Å². The van der Waals surface area contributed by atoms with E-state index in [0.717, 1.165) is 13.1 Å². The van der Waals surface area contributed by atoms with Crippen LogP contribution in [0.5, 0.6) is 0 Å². The van der Waals surface area contributed by atoms with E-state index in [-0.39, 0.29) is 6.04 Å². The lowest BCUT2D eigenvalue weighted by molar-refractivity contribution is 0.137. The van der Waals surface area contributed by atoms with Gasteiger partial charge in [-0.15, -0.1) is 0 Å². The molecule has 0 bridgehead atoms. The number of halogens is 1. The first-order valence-corrected chi connectivity index (χ1v) is 6.65. The van der Waals surface area contributed by atoms with Crippen molar-refractivity contribution >= 4 is 19.9 Å². The number of piperazine rings is 1. The fourth-order valence-electron chi connectivity index (χ4n) is 1.63. The molecule has 1 atom stereocenters. The Balaban J connectivity index is 2.61. The number of nitrogens with zero attached hydrogens (tertiary/aromatic N) is 2. The van der Waals surface area contributed by atoms with Crippen LogP contribution in [-0.4, -0.2) is 49.8 Å². The normalized spacial score (nSPS) is 27.8. The molecule has 0 aromatic rings. The molecule has 1 rings (SSSR count). The molecule has 13 heavy (non-hydrogen) atoms. The quantitative estimate of drug-likeness (QED) is 0.644. The highest BCUT2D eigenvalue weighted by Crippen LogP contribution is 2.14. The molecule has 0 amide bonds. The number of likely N-dealkylation sites (N-methyl/N-ethyl adjacent to an activating group) is 1. The lowest BCUT2D eigenvalue weighted by atomic mass is 10.2. The maximum Gasteiger partial charge on any atom is 0.299 e. The van der Waals surface area contributed by atoms with Crippen LogP contribution in [0.3, 0.4) is 0 Å². The Morgan fingerprint density at radius 1 is 1.46 bits per heavy atom. The molecule has 0 spiro atoms. The summed E-state index contributed by atoms with van der Waals surface area (Å²) in [4.78, 5) is 2.23. The molecule has 78 valence electrons. The van der Waals surface area contributed by atoms with Gasteiger partial charge in [0, 0.05) is 36.4 Å². The van der Waals surface area contributed by atoms with Gasteiger partial charge in [-0.3, -0.25) is 4.90 Å². The third-order valence-electron chi connectivity index (χ3n) is 2.44. The summed E-state index contributed by atoms with van der Waals surface area (Å²) in [6.45, 7) is 6.81. The van der Waals surface area contributed by atoms with Gasteiger partial charge >= 0.3 is 0 Å². The molecule has 1 fully saturated rings. The first-order chi connectivity index (χ1) is 5.95. The van der Waals surface area contributed by atoms with E-state index in [1.807, 2.05) is 6.92 Å². The molecule has 1 aliphatic rings. The molecular weight excluding hydrogens is 212 g/mol. The monoisotopic (exact) mass is 226 g/mol. The summed E-state index contributed by atoms with van der Waals surface area (Å²) in [6.07, 6.45) is 0. The number of rotatable bonds is 2. The molecule has 1 heterocycles. The minimum Gasteiger partial charge on any atom is -0.298 e. The maximum absolute atomic E-state index is 11.0. The minimum atomic E-state index is -3.51. The summed E-state index contributed by atoms with van der Waals surface area (Å²) in [6, 6.07) is 0.257. The van der Waals surface area contributed by atoms with Gasteiger partial charge in [0.05, 0.1) is 0 Å². The largest absolute Gasteiger partial charge is 0.299 e. The van der Waals surface area contributed by atoms with E-state index < -0.39 is 9.24 Å². The fourth-order valence-corrected chi connectivity index (χ4v) is 2.70. The van der Waals surface area contributed by atoms with E-state index in [2.05, 4.69) is 11.8 Å². The predicted molar refractivity (Wildman–Crippen MR) is 53.1 cm³/mol. The number of hydrogen-bond acceptors (Lipinski definition) is 3. The van der Waals surface area contributed by atoms with Crippen molar-refractivity contribution in [3.05, 3.63) is 0 Å². The Morgan fingerprint density at radius 3 is 2.46 bits per heavy atom. The van der Waals surface area contributed by atoms with Crippen molar-refractivity contribution in [2.24, 2.45) is 0 Å². The third-order valence-corrected chi connectivity index (χ3v) is 3.98. The first-order valence-electron chi connectivity index (χ1n) is 4.39. The zero-order valence-electron chi connectivity index (χ0n) is 7.90. The van der Waals surface area contributed by atoms with Crippen molar-refractivity contribution in [1.82, 2.24) is 9.21 Å². The average Bonchev–Trinajstić information content (AvgIpc) is 2.02. The van der Waals surface area contributed by atoms with Crippen molar-refractivity contribution in [1.29, 1.82) is 0 Å². The molecule has 1 aliphatic heterocycles. The van der Waals surface area contributed by atoms with Gasteiger partial charge in [-0.1, -0.05) is 6.92 Å². The van der Waals surface area contributed by atoms with Crippen molar-refractivity contribution in [2.45, 2.75) is 19.9 Å². The van der Waals surface area contributed by atoms with Gasteiger partial charge in [-0.05, 0) is 13.5 Å². The minimum absolute atomic E-state index is 0.257. The van der Waals surface area contributed by atoms with Gasteiger partial charge in [0.25, 0.3) is 9.24 Å². The van der Waals surface area contributed by atoms with Crippen LogP contribution in [0.15, 0.2) is 0 Å². The van der Waals surface area contributed by atoms with Crippen LogP contribution >= 0.6 is 10.7 Å². The van der Waals surface area contributed by atoms with Gasteiger partial charge in [0.15, 0.2) is 0 Å². The smallest absolute Gasteiger partial charge is 0.298 e. The van der Waals surface area contributed by atoms with E-state index >= 15 is 0 Å². The van der Waals surface area contributed by atoms with E-state index in [9.17, 15) is 8.42 Å². The Bertz CT molecular complexity index is 268. The van der Waals surface area contributed by atoms with Gasteiger partial charge in [-0.25, -0.2) is 0 Å².